The van der Waals surface area contributed by atoms with E-state index in [1.165, 1.54) is 5.56 Å². The Hall–Kier alpha value is -1.14. The standard InChI is InChI=1S/C14H19NOS/c1-11(9-15)10-17(16)13-7-5-12(6-8-13)14(2,3)4/h5-8,11H,10H2,1-4H3. The summed E-state index contributed by atoms with van der Waals surface area (Å²) in [5.74, 6) is 0.240. The van der Waals surface area contributed by atoms with Crippen molar-refractivity contribution in [1.29, 1.82) is 5.26 Å². The largest absolute Gasteiger partial charge is 0.254 e. The number of rotatable bonds is 3. The molecule has 0 fully saturated rings. The van der Waals surface area contributed by atoms with Crippen molar-refractivity contribution in [1.82, 2.24) is 0 Å². The average Bonchev–Trinajstić information content (AvgIpc) is 2.27. The molecule has 0 radical (unpaired) electrons. The fraction of sp³-hybridized carbons (Fsp3) is 0.500. The van der Waals surface area contributed by atoms with E-state index in [2.05, 4.69) is 26.8 Å². The highest BCUT2D eigenvalue weighted by Crippen LogP contribution is 2.23. The van der Waals surface area contributed by atoms with Gasteiger partial charge in [-0.3, -0.25) is 4.21 Å². The molecule has 2 nitrogen and oxygen atoms in total. The SMILES string of the molecule is CC(C#N)CS(=O)c1ccc(C(C)(C)C)cc1. The molecule has 2 unspecified atom stereocenters. The number of nitrogens with zero attached hydrogens (tertiary/aromatic N) is 1. The zero-order valence-corrected chi connectivity index (χ0v) is 11.7. The molecule has 0 heterocycles. The Kier molecular flexibility index (Phi) is 4.47. The number of nitriles is 1. The molecule has 0 aromatic heterocycles. The van der Waals surface area contributed by atoms with E-state index in [0.29, 0.717) is 5.75 Å². The highest BCUT2D eigenvalue weighted by Gasteiger charge is 2.14. The summed E-state index contributed by atoms with van der Waals surface area (Å²) >= 11 is 0. The third kappa shape index (κ3) is 3.98. The molecule has 0 N–H and O–H groups in total. The fourth-order valence-electron chi connectivity index (χ4n) is 1.47. The van der Waals surface area contributed by atoms with Gasteiger partial charge in [0.15, 0.2) is 0 Å². The predicted octanol–water partition coefficient (Wildman–Crippen LogP) is 3.25. The summed E-state index contributed by atoms with van der Waals surface area (Å²) in [5, 5.41) is 8.70. The summed E-state index contributed by atoms with van der Waals surface area (Å²) in [6, 6.07) is 9.95. The van der Waals surface area contributed by atoms with Crippen LogP contribution in [0.2, 0.25) is 0 Å². The van der Waals surface area contributed by atoms with Crippen molar-refractivity contribution in [3.63, 3.8) is 0 Å². The molecule has 17 heavy (non-hydrogen) atoms. The Labute approximate surface area is 106 Å². The lowest BCUT2D eigenvalue weighted by Crippen LogP contribution is -2.11. The van der Waals surface area contributed by atoms with Crippen molar-refractivity contribution in [2.75, 3.05) is 5.75 Å². The third-order valence-electron chi connectivity index (χ3n) is 2.60. The molecule has 1 rings (SSSR count). The van der Waals surface area contributed by atoms with E-state index < -0.39 is 10.8 Å². The maximum atomic E-state index is 11.9. The van der Waals surface area contributed by atoms with E-state index in [-0.39, 0.29) is 11.3 Å². The zero-order valence-electron chi connectivity index (χ0n) is 10.9. The van der Waals surface area contributed by atoms with E-state index in [9.17, 15) is 4.21 Å². The lowest BCUT2D eigenvalue weighted by atomic mass is 9.87. The first-order valence-corrected chi connectivity index (χ1v) is 7.05. The van der Waals surface area contributed by atoms with E-state index in [0.717, 1.165) is 4.90 Å². The second kappa shape index (κ2) is 5.46. The monoisotopic (exact) mass is 249 g/mol. The minimum absolute atomic E-state index is 0.111. The Morgan fingerprint density at radius 1 is 1.29 bits per heavy atom. The van der Waals surface area contributed by atoms with Crippen LogP contribution in [-0.4, -0.2) is 9.96 Å². The lowest BCUT2D eigenvalue weighted by molar-refractivity contribution is 0.589. The normalized spacial score (nSPS) is 15.0. The summed E-state index contributed by atoms with van der Waals surface area (Å²) in [6.45, 7) is 8.24. The van der Waals surface area contributed by atoms with Gasteiger partial charge < -0.3 is 0 Å². The van der Waals surface area contributed by atoms with Crippen molar-refractivity contribution in [2.24, 2.45) is 5.92 Å². The Balaban J connectivity index is 2.82. The maximum absolute atomic E-state index is 11.9. The molecule has 3 heteroatoms. The fourth-order valence-corrected chi connectivity index (χ4v) is 2.63. The van der Waals surface area contributed by atoms with Gasteiger partial charge >= 0.3 is 0 Å². The Morgan fingerprint density at radius 2 is 1.82 bits per heavy atom. The molecule has 1 aromatic carbocycles. The first kappa shape index (κ1) is 13.9. The number of benzene rings is 1. The Bertz CT molecular complexity index is 437. The van der Waals surface area contributed by atoms with Crippen molar-refractivity contribution >= 4 is 10.8 Å². The van der Waals surface area contributed by atoms with Gasteiger partial charge in [0.25, 0.3) is 0 Å². The molecule has 0 bridgehead atoms. The number of hydrogen-bond acceptors (Lipinski definition) is 2. The third-order valence-corrected chi connectivity index (χ3v) is 4.21. The second-order valence-corrected chi connectivity index (χ2v) is 6.81. The van der Waals surface area contributed by atoms with E-state index in [1.54, 1.807) is 6.92 Å². The van der Waals surface area contributed by atoms with Gasteiger partial charge in [0.05, 0.1) is 22.8 Å². The van der Waals surface area contributed by atoms with Gasteiger partial charge in [-0.1, -0.05) is 32.9 Å². The lowest BCUT2D eigenvalue weighted by Gasteiger charge is -2.19. The first-order valence-electron chi connectivity index (χ1n) is 5.73. The molecule has 0 saturated heterocycles. The maximum Gasteiger partial charge on any atom is 0.0662 e. The quantitative estimate of drug-likeness (QED) is 0.825. The van der Waals surface area contributed by atoms with E-state index in [4.69, 9.17) is 5.26 Å². The average molecular weight is 249 g/mol. The molecule has 0 spiro atoms. The van der Waals surface area contributed by atoms with Crippen molar-refractivity contribution in [2.45, 2.75) is 38.0 Å². The van der Waals surface area contributed by atoms with Crippen LogP contribution in [0.1, 0.15) is 33.3 Å². The van der Waals surface area contributed by atoms with Gasteiger partial charge in [-0.25, -0.2) is 0 Å². The van der Waals surface area contributed by atoms with Gasteiger partial charge in [-0.15, -0.1) is 0 Å². The van der Waals surface area contributed by atoms with Crippen LogP contribution in [-0.2, 0) is 16.2 Å². The summed E-state index contributed by atoms with van der Waals surface area (Å²) in [7, 11) is -1.07. The van der Waals surface area contributed by atoms with Crippen LogP contribution in [0.4, 0.5) is 0 Å². The molecule has 1 aromatic rings. The highest BCUT2D eigenvalue weighted by molar-refractivity contribution is 7.85. The minimum atomic E-state index is -1.07. The van der Waals surface area contributed by atoms with Crippen molar-refractivity contribution in [3.8, 4) is 6.07 Å². The first-order chi connectivity index (χ1) is 7.84. The van der Waals surface area contributed by atoms with Crippen molar-refractivity contribution in [3.05, 3.63) is 29.8 Å². The molecular formula is C14H19NOS. The van der Waals surface area contributed by atoms with E-state index >= 15 is 0 Å². The van der Waals surface area contributed by atoms with Gasteiger partial charge in [0.1, 0.15) is 0 Å². The van der Waals surface area contributed by atoms with Crippen LogP contribution in [0.15, 0.2) is 29.2 Å². The molecule has 0 aliphatic heterocycles. The molecular weight excluding hydrogens is 230 g/mol. The van der Waals surface area contributed by atoms with Gasteiger partial charge in [0, 0.05) is 10.6 Å². The minimum Gasteiger partial charge on any atom is -0.254 e. The zero-order chi connectivity index (χ0) is 13.1. The van der Waals surface area contributed by atoms with Crippen LogP contribution in [0.5, 0.6) is 0 Å². The summed E-state index contributed by atoms with van der Waals surface area (Å²) in [4.78, 5) is 0.806. The smallest absolute Gasteiger partial charge is 0.0662 e. The second-order valence-electron chi connectivity index (χ2n) is 5.32. The Morgan fingerprint density at radius 3 is 2.24 bits per heavy atom. The topological polar surface area (TPSA) is 40.9 Å². The molecule has 92 valence electrons. The van der Waals surface area contributed by atoms with Crippen LogP contribution in [0.3, 0.4) is 0 Å². The van der Waals surface area contributed by atoms with Crippen LogP contribution in [0.25, 0.3) is 0 Å². The molecule has 2 atom stereocenters. The van der Waals surface area contributed by atoms with Crippen LogP contribution < -0.4 is 0 Å². The predicted molar refractivity (Wildman–Crippen MR) is 71.2 cm³/mol. The number of hydrogen-bond donors (Lipinski definition) is 0. The molecule has 0 saturated carbocycles. The highest BCUT2D eigenvalue weighted by atomic mass is 32.2. The van der Waals surface area contributed by atoms with Gasteiger partial charge in [-0.05, 0) is 30.0 Å². The summed E-state index contributed by atoms with van der Waals surface area (Å²) in [5.41, 5.74) is 1.34. The molecule has 0 amide bonds. The van der Waals surface area contributed by atoms with Crippen LogP contribution >= 0.6 is 0 Å². The molecule has 0 aliphatic carbocycles. The van der Waals surface area contributed by atoms with Gasteiger partial charge in [0.2, 0.25) is 0 Å². The van der Waals surface area contributed by atoms with Gasteiger partial charge in [-0.2, -0.15) is 5.26 Å². The van der Waals surface area contributed by atoms with Crippen LogP contribution in [0, 0.1) is 17.2 Å². The summed E-state index contributed by atoms with van der Waals surface area (Å²) < 4.78 is 11.9. The van der Waals surface area contributed by atoms with Crippen molar-refractivity contribution < 1.29 is 4.21 Å². The van der Waals surface area contributed by atoms with E-state index in [1.807, 2.05) is 24.3 Å². The molecule has 0 aliphatic rings. The summed E-state index contributed by atoms with van der Waals surface area (Å²) in [6.07, 6.45) is 0.